The van der Waals surface area contributed by atoms with Gasteiger partial charge >= 0.3 is 0 Å². The van der Waals surface area contributed by atoms with E-state index in [0.717, 1.165) is 4.47 Å². The average Bonchev–Trinajstić information content (AvgIpc) is 2.73. The molecule has 0 amide bonds. The third-order valence-corrected chi connectivity index (χ3v) is 2.65. The van der Waals surface area contributed by atoms with Crippen molar-refractivity contribution < 1.29 is 9.52 Å². The Morgan fingerprint density at radius 2 is 2.43 bits per heavy atom. The number of imidazole rings is 1. The molecule has 0 saturated carbocycles. The lowest BCUT2D eigenvalue weighted by Gasteiger charge is -2.07. The summed E-state index contributed by atoms with van der Waals surface area (Å²) in [7, 11) is 1.82. The number of aromatic nitrogens is 2. The molecule has 5 heteroatoms. The maximum Gasteiger partial charge on any atom is 0.170 e. The molecule has 2 aromatic heterocycles. The second kappa shape index (κ2) is 3.59. The zero-order chi connectivity index (χ0) is 10.1. The summed E-state index contributed by atoms with van der Waals surface area (Å²) >= 11 is 3.29. The summed E-state index contributed by atoms with van der Waals surface area (Å²) in [6.45, 7) is 0. The van der Waals surface area contributed by atoms with Gasteiger partial charge in [-0.15, -0.1) is 0 Å². The highest BCUT2D eigenvalue weighted by atomic mass is 79.9. The van der Waals surface area contributed by atoms with Gasteiger partial charge < -0.3 is 14.1 Å². The fraction of sp³-hybridized carbons (Fsp3) is 0.222. The number of halogens is 1. The lowest BCUT2D eigenvalue weighted by atomic mass is 10.2. The molecular formula is C9H9BrN2O2. The van der Waals surface area contributed by atoms with Crippen LogP contribution >= 0.6 is 15.9 Å². The number of hydrogen-bond acceptors (Lipinski definition) is 3. The van der Waals surface area contributed by atoms with Crippen LogP contribution in [0, 0.1) is 0 Å². The van der Waals surface area contributed by atoms with Crippen molar-refractivity contribution in [3.8, 4) is 0 Å². The molecule has 2 rings (SSSR count). The van der Waals surface area contributed by atoms with E-state index in [1.165, 1.54) is 6.26 Å². The van der Waals surface area contributed by atoms with Gasteiger partial charge in [0.15, 0.2) is 11.9 Å². The van der Waals surface area contributed by atoms with Gasteiger partial charge in [-0.2, -0.15) is 0 Å². The Morgan fingerprint density at radius 1 is 1.64 bits per heavy atom. The predicted octanol–water partition coefficient (Wildman–Crippen LogP) is 1.86. The lowest BCUT2D eigenvalue weighted by molar-refractivity contribution is 0.175. The van der Waals surface area contributed by atoms with Crippen LogP contribution in [-0.2, 0) is 7.05 Å². The van der Waals surface area contributed by atoms with Crippen LogP contribution in [0.25, 0.3) is 0 Å². The molecule has 0 aliphatic carbocycles. The third kappa shape index (κ3) is 1.49. The van der Waals surface area contributed by atoms with Crippen LogP contribution in [0.2, 0.25) is 0 Å². The molecule has 0 bridgehead atoms. The molecule has 1 N–H and O–H groups in total. The number of furan rings is 1. The standard InChI is InChI=1S/C9H9BrN2O2/c1-12-4-3-11-9(12)7(13)8-6(10)2-5-14-8/h2-5,7,13H,1H3. The van der Waals surface area contributed by atoms with Crippen molar-refractivity contribution in [2.24, 2.45) is 7.05 Å². The molecule has 2 heterocycles. The van der Waals surface area contributed by atoms with E-state index in [1.807, 2.05) is 7.05 Å². The van der Waals surface area contributed by atoms with Crippen LogP contribution < -0.4 is 0 Å². The molecule has 0 aliphatic rings. The monoisotopic (exact) mass is 256 g/mol. The molecule has 0 aromatic carbocycles. The first-order valence-electron chi connectivity index (χ1n) is 4.08. The first-order chi connectivity index (χ1) is 6.70. The van der Waals surface area contributed by atoms with Gasteiger partial charge in [0.05, 0.1) is 10.7 Å². The van der Waals surface area contributed by atoms with E-state index in [2.05, 4.69) is 20.9 Å². The summed E-state index contributed by atoms with van der Waals surface area (Å²) in [5, 5.41) is 9.92. The second-order valence-electron chi connectivity index (χ2n) is 2.93. The van der Waals surface area contributed by atoms with Crippen LogP contribution in [0.1, 0.15) is 17.7 Å². The summed E-state index contributed by atoms with van der Waals surface area (Å²) in [6, 6.07) is 1.74. The van der Waals surface area contributed by atoms with E-state index in [4.69, 9.17) is 4.42 Å². The van der Waals surface area contributed by atoms with Gasteiger partial charge in [0.1, 0.15) is 5.82 Å². The van der Waals surface area contributed by atoms with Gasteiger partial charge in [-0.3, -0.25) is 0 Å². The molecule has 1 atom stereocenters. The number of aryl methyl sites for hydroxylation is 1. The molecule has 0 radical (unpaired) electrons. The summed E-state index contributed by atoms with van der Waals surface area (Å²) in [5.41, 5.74) is 0. The fourth-order valence-corrected chi connectivity index (χ4v) is 1.68. The summed E-state index contributed by atoms with van der Waals surface area (Å²) in [5.74, 6) is 1.03. The van der Waals surface area contributed by atoms with Crippen molar-refractivity contribution in [2.75, 3.05) is 0 Å². The normalized spacial score (nSPS) is 13.1. The Morgan fingerprint density at radius 3 is 2.93 bits per heavy atom. The molecule has 0 saturated heterocycles. The molecular weight excluding hydrogens is 248 g/mol. The van der Waals surface area contributed by atoms with Crippen LogP contribution in [0.5, 0.6) is 0 Å². The first kappa shape index (κ1) is 9.48. The van der Waals surface area contributed by atoms with Crippen LogP contribution in [-0.4, -0.2) is 14.7 Å². The summed E-state index contributed by atoms with van der Waals surface area (Å²) < 4.78 is 7.65. The molecule has 0 fully saturated rings. The minimum atomic E-state index is -0.834. The molecule has 4 nitrogen and oxygen atoms in total. The summed E-state index contributed by atoms with van der Waals surface area (Å²) in [4.78, 5) is 4.04. The zero-order valence-corrected chi connectivity index (χ0v) is 9.10. The van der Waals surface area contributed by atoms with Gasteiger partial charge in [-0.05, 0) is 22.0 Å². The van der Waals surface area contributed by atoms with Gasteiger partial charge in [-0.1, -0.05) is 0 Å². The minimum Gasteiger partial charge on any atom is -0.465 e. The van der Waals surface area contributed by atoms with Gasteiger partial charge in [0, 0.05) is 19.4 Å². The highest BCUT2D eigenvalue weighted by Gasteiger charge is 2.20. The Kier molecular flexibility index (Phi) is 2.43. The number of aliphatic hydroxyl groups excluding tert-OH is 1. The van der Waals surface area contributed by atoms with Crippen molar-refractivity contribution in [3.63, 3.8) is 0 Å². The van der Waals surface area contributed by atoms with Crippen molar-refractivity contribution >= 4 is 15.9 Å². The van der Waals surface area contributed by atoms with Crippen LogP contribution in [0.3, 0.4) is 0 Å². The van der Waals surface area contributed by atoms with Crippen LogP contribution in [0.4, 0.5) is 0 Å². The number of hydrogen-bond donors (Lipinski definition) is 1. The lowest BCUT2D eigenvalue weighted by Crippen LogP contribution is -2.06. The highest BCUT2D eigenvalue weighted by molar-refractivity contribution is 9.10. The molecule has 0 aliphatic heterocycles. The van der Waals surface area contributed by atoms with Crippen molar-refractivity contribution in [3.05, 3.63) is 40.8 Å². The van der Waals surface area contributed by atoms with Gasteiger partial charge in [0.25, 0.3) is 0 Å². The topological polar surface area (TPSA) is 51.2 Å². The molecule has 0 spiro atoms. The fourth-order valence-electron chi connectivity index (χ4n) is 1.26. The van der Waals surface area contributed by atoms with Gasteiger partial charge in [0.2, 0.25) is 0 Å². The van der Waals surface area contributed by atoms with Crippen molar-refractivity contribution in [2.45, 2.75) is 6.10 Å². The molecule has 2 aromatic rings. The minimum absolute atomic E-state index is 0.472. The van der Waals surface area contributed by atoms with E-state index in [0.29, 0.717) is 11.6 Å². The predicted molar refractivity (Wildman–Crippen MR) is 53.7 cm³/mol. The quantitative estimate of drug-likeness (QED) is 0.893. The smallest absolute Gasteiger partial charge is 0.170 e. The third-order valence-electron chi connectivity index (χ3n) is 2.00. The molecule has 74 valence electrons. The van der Waals surface area contributed by atoms with E-state index in [9.17, 15) is 5.11 Å². The maximum absolute atomic E-state index is 9.92. The SMILES string of the molecule is Cn1ccnc1C(O)c1occc1Br. The highest BCUT2D eigenvalue weighted by Crippen LogP contribution is 2.28. The molecule has 1 unspecified atom stereocenters. The Balaban J connectivity index is 2.38. The van der Waals surface area contributed by atoms with Gasteiger partial charge in [-0.25, -0.2) is 4.98 Å². The van der Waals surface area contributed by atoms with Crippen molar-refractivity contribution in [1.29, 1.82) is 0 Å². The number of nitrogens with zero attached hydrogens (tertiary/aromatic N) is 2. The van der Waals surface area contributed by atoms with Crippen molar-refractivity contribution in [1.82, 2.24) is 9.55 Å². The largest absolute Gasteiger partial charge is 0.465 e. The van der Waals surface area contributed by atoms with E-state index in [1.54, 1.807) is 23.0 Å². The van der Waals surface area contributed by atoms with E-state index >= 15 is 0 Å². The maximum atomic E-state index is 9.92. The first-order valence-corrected chi connectivity index (χ1v) is 4.87. The van der Waals surface area contributed by atoms with E-state index < -0.39 is 6.10 Å². The average molecular weight is 257 g/mol. The van der Waals surface area contributed by atoms with E-state index in [-0.39, 0.29) is 0 Å². The Labute approximate surface area is 89.3 Å². The second-order valence-corrected chi connectivity index (χ2v) is 3.79. The zero-order valence-electron chi connectivity index (χ0n) is 7.51. The Bertz CT molecular complexity index is 395. The molecule has 14 heavy (non-hydrogen) atoms. The number of rotatable bonds is 2. The number of aliphatic hydroxyl groups is 1. The van der Waals surface area contributed by atoms with Crippen LogP contribution in [0.15, 0.2) is 33.6 Å². The Hall–Kier alpha value is -1.07. The summed E-state index contributed by atoms with van der Waals surface area (Å²) in [6.07, 6.45) is 4.09.